The van der Waals surface area contributed by atoms with Crippen LogP contribution in [0, 0.1) is 5.41 Å². The first kappa shape index (κ1) is 13.0. The van der Waals surface area contributed by atoms with Crippen LogP contribution in [0.15, 0.2) is 4.52 Å². The van der Waals surface area contributed by atoms with Gasteiger partial charge < -0.3 is 15.6 Å². The Kier molecular flexibility index (Phi) is 3.63. The number of likely N-dealkylation sites (tertiary alicyclic amines) is 1. The van der Waals surface area contributed by atoms with Crippen molar-refractivity contribution in [1.82, 2.24) is 20.4 Å². The van der Waals surface area contributed by atoms with Crippen LogP contribution in [0.25, 0.3) is 0 Å². The third kappa shape index (κ3) is 2.51. The summed E-state index contributed by atoms with van der Waals surface area (Å²) in [4.78, 5) is 18.1. The van der Waals surface area contributed by atoms with Gasteiger partial charge in [-0.3, -0.25) is 9.69 Å². The lowest BCUT2D eigenvalue weighted by atomic mass is 9.89. The summed E-state index contributed by atoms with van der Waals surface area (Å²) >= 11 is 0. The van der Waals surface area contributed by atoms with E-state index in [4.69, 9.17) is 10.3 Å². The summed E-state index contributed by atoms with van der Waals surface area (Å²) in [6.07, 6.45) is 0.842. The van der Waals surface area contributed by atoms with Gasteiger partial charge in [-0.05, 0) is 19.9 Å². The maximum atomic E-state index is 11.8. The van der Waals surface area contributed by atoms with Crippen LogP contribution >= 0.6 is 0 Å². The van der Waals surface area contributed by atoms with Crippen LogP contribution < -0.4 is 11.1 Å². The summed E-state index contributed by atoms with van der Waals surface area (Å²) in [7, 11) is 1.67. The zero-order chi connectivity index (χ0) is 13.2. The number of carbonyl (C=O) groups is 1. The van der Waals surface area contributed by atoms with E-state index in [9.17, 15) is 4.79 Å². The number of hydrogen-bond donors (Lipinski definition) is 2. The molecule has 1 fully saturated rings. The fraction of sp³-hybridized carbons (Fsp3) is 0.727. The normalized spacial score (nSPS) is 24.4. The molecule has 1 aromatic rings. The summed E-state index contributed by atoms with van der Waals surface area (Å²) in [6, 6.07) is 0. The predicted octanol–water partition coefficient (Wildman–Crippen LogP) is -0.514. The van der Waals surface area contributed by atoms with Crippen molar-refractivity contribution in [3.8, 4) is 0 Å². The Morgan fingerprint density at radius 2 is 2.44 bits per heavy atom. The average Bonchev–Trinajstić information content (AvgIpc) is 2.96. The van der Waals surface area contributed by atoms with E-state index in [1.807, 2.05) is 6.92 Å². The predicted molar refractivity (Wildman–Crippen MR) is 64.3 cm³/mol. The van der Waals surface area contributed by atoms with Crippen LogP contribution in [-0.2, 0) is 17.9 Å². The standard InChI is InChI=1S/C11H19N5O2/c1-11(10(17)13-2)3-4-16(7-11)6-8-14-9(5-12)18-15-8/h3-7,12H2,1-2H3,(H,13,17). The van der Waals surface area contributed by atoms with Gasteiger partial charge in [-0.1, -0.05) is 5.16 Å². The lowest BCUT2D eigenvalue weighted by Crippen LogP contribution is -2.39. The Morgan fingerprint density at radius 1 is 1.67 bits per heavy atom. The Labute approximate surface area is 106 Å². The van der Waals surface area contributed by atoms with Crippen molar-refractivity contribution >= 4 is 5.91 Å². The molecule has 0 aromatic carbocycles. The highest BCUT2D eigenvalue weighted by Gasteiger charge is 2.39. The van der Waals surface area contributed by atoms with E-state index in [1.165, 1.54) is 0 Å². The maximum Gasteiger partial charge on any atom is 0.240 e. The average molecular weight is 253 g/mol. The molecule has 0 aliphatic carbocycles. The van der Waals surface area contributed by atoms with Crippen LogP contribution in [-0.4, -0.2) is 41.1 Å². The van der Waals surface area contributed by atoms with Gasteiger partial charge in [0.15, 0.2) is 5.82 Å². The van der Waals surface area contributed by atoms with Gasteiger partial charge >= 0.3 is 0 Å². The molecule has 100 valence electrons. The molecule has 1 aromatic heterocycles. The zero-order valence-corrected chi connectivity index (χ0v) is 10.8. The summed E-state index contributed by atoms with van der Waals surface area (Å²) in [5.74, 6) is 1.15. The molecule has 7 nitrogen and oxygen atoms in total. The third-order valence-corrected chi connectivity index (χ3v) is 3.38. The van der Waals surface area contributed by atoms with Crippen molar-refractivity contribution in [2.45, 2.75) is 26.4 Å². The molecule has 18 heavy (non-hydrogen) atoms. The molecule has 0 radical (unpaired) electrons. The van der Waals surface area contributed by atoms with Gasteiger partial charge in [0.05, 0.1) is 18.5 Å². The molecule has 7 heteroatoms. The quantitative estimate of drug-likeness (QED) is 0.750. The minimum Gasteiger partial charge on any atom is -0.359 e. The van der Waals surface area contributed by atoms with Crippen LogP contribution in [0.4, 0.5) is 0 Å². The molecular weight excluding hydrogens is 234 g/mol. The smallest absolute Gasteiger partial charge is 0.240 e. The molecule has 3 N–H and O–H groups in total. The highest BCUT2D eigenvalue weighted by atomic mass is 16.5. The molecule has 1 unspecified atom stereocenters. The number of nitrogens with zero attached hydrogens (tertiary/aromatic N) is 3. The largest absolute Gasteiger partial charge is 0.359 e. The van der Waals surface area contributed by atoms with Crippen molar-refractivity contribution in [3.05, 3.63) is 11.7 Å². The Balaban J connectivity index is 1.95. The summed E-state index contributed by atoms with van der Waals surface area (Å²) in [5, 5.41) is 6.57. The molecule has 2 rings (SSSR count). The third-order valence-electron chi connectivity index (χ3n) is 3.38. The molecular formula is C11H19N5O2. The summed E-state index contributed by atoms with van der Waals surface area (Å²) in [6.45, 7) is 4.39. The highest BCUT2D eigenvalue weighted by Crippen LogP contribution is 2.30. The number of carbonyl (C=O) groups excluding carboxylic acids is 1. The molecule has 1 saturated heterocycles. The highest BCUT2D eigenvalue weighted by molar-refractivity contribution is 5.82. The van der Waals surface area contributed by atoms with Gasteiger partial charge in [0.2, 0.25) is 11.8 Å². The maximum absolute atomic E-state index is 11.8. The number of aromatic nitrogens is 2. The van der Waals surface area contributed by atoms with Crippen LogP contribution in [0.5, 0.6) is 0 Å². The van der Waals surface area contributed by atoms with Crippen LogP contribution in [0.3, 0.4) is 0 Å². The first-order valence-electron chi connectivity index (χ1n) is 6.03. The van der Waals surface area contributed by atoms with Crippen LogP contribution in [0.1, 0.15) is 25.1 Å². The number of hydrogen-bond acceptors (Lipinski definition) is 6. The van der Waals surface area contributed by atoms with Gasteiger partial charge in [-0.2, -0.15) is 4.98 Å². The van der Waals surface area contributed by atoms with E-state index in [0.29, 0.717) is 24.8 Å². The summed E-state index contributed by atoms with van der Waals surface area (Å²) < 4.78 is 4.95. The molecule has 1 aliphatic rings. The Morgan fingerprint density at radius 3 is 3.06 bits per heavy atom. The molecule has 1 amide bonds. The van der Waals surface area contributed by atoms with Crippen LogP contribution in [0.2, 0.25) is 0 Å². The van der Waals surface area contributed by atoms with Gasteiger partial charge in [0, 0.05) is 13.6 Å². The first-order valence-corrected chi connectivity index (χ1v) is 6.03. The van der Waals surface area contributed by atoms with E-state index in [2.05, 4.69) is 20.4 Å². The Bertz CT molecular complexity index is 433. The van der Waals surface area contributed by atoms with Crippen molar-refractivity contribution in [2.75, 3.05) is 20.1 Å². The molecule has 0 saturated carbocycles. The van der Waals surface area contributed by atoms with Crippen molar-refractivity contribution < 1.29 is 9.32 Å². The SMILES string of the molecule is CNC(=O)C1(C)CCN(Cc2noc(CN)n2)C1. The summed E-state index contributed by atoms with van der Waals surface area (Å²) in [5.41, 5.74) is 5.09. The lowest BCUT2D eigenvalue weighted by Gasteiger charge is -2.22. The van der Waals surface area contributed by atoms with E-state index in [1.54, 1.807) is 7.05 Å². The van der Waals surface area contributed by atoms with E-state index < -0.39 is 0 Å². The van der Waals surface area contributed by atoms with Gasteiger partial charge in [0.25, 0.3) is 0 Å². The molecule has 1 atom stereocenters. The Hall–Kier alpha value is -1.47. The fourth-order valence-corrected chi connectivity index (χ4v) is 2.32. The van der Waals surface area contributed by atoms with E-state index >= 15 is 0 Å². The second-order valence-corrected chi connectivity index (χ2v) is 4.91. The minimum absolute atomic E-state index is 0.0840. The monoisotopic (exact) mass is 253 g/mol. The molecule has 2 heterocycles. The first-order chi connectivity index (χ1) is 8.57. The van der Waals surface area contributed by atoms with Gasteiger partial charge in [-0.25, -0.2) is 0 Å². The number of nitrogens with two attached hydrogens (primary N) is 1. The van der Waals surface area contributed by atoms with Gasteiger partial charge in [-0.15, -0.1) is 0 Å². The van der Waals surface area contributed by atoms with E-state index in [-0.39, 0.29) is 17.9 Å². The van der Waals surface area contributed by atoms with Gasteiger partial charge in [0.1, 0.15) is 0 Å². The fourth-order valence-electron chi connectivity index (χ4n) is 2.32. The topological polar surface area (TPSA) is 97.3 Å². The number of amides is 1. The van der Waals surface area contributed by atoms with Crippen molar-refractivity contribution in [1.29, 1.82) is 0 Å². The lowest BCUT2D eigenvalue weighted by molar-refractivity contribution is -0.129. The molecule has 0 spiro atoms. The van der Waals surface area contributed by atoms with Crippen molar-refractivity contribution in [2.24, 2.45) is 11.1 Å². The number of nitrogens with one attached hydrogen (secondary N) is 1. The second-order valence-electron chi connectivity index (χ2n) is 4.91. The zero-order valence-electron chi connectivity index (χ0n) is 10.8. The van der Waals surface area contributed by atoms with Crippen molar-refractivity contribution in [3.63, 3.8) is 0 Å². The number of rotatable bonds is 4. The molecule has 1 aliphatic heterocycles. The molecule has 0 bridgehead atoms. The van der Waals surface area contributed by atoms with E-state index in [0.717, 1.165) is 13.0 Å². The second kappa shape index (κ2) is 5.03. The minimum atomic E-state index is -0.324.